The van der Waals surface area contributed by atoms with Crippen LogP contribution in [0.4, 0.5) is 0 Å². The van der Waals surface area contributed by atoms with Crippen LogP contribution < -0.4 is 0 Å². The molecule has 0 amide bonds. The van der Waals surface area contributed by atoms with Gasteiger partial charge in [0.2, 0.25) is 0 Å². The van der Waals surface area contributed by atoms with E-state index < -0.39 is 0 Å². The SMILES string of the molecule is [CH]1/C=C\C/C=C\CC/C=C\C1. The molecule has 0 saturated carbocycles. The van der Waals surface area contributed by atoms with E-state index in [2.05, 4.69) is 42.9 Å². The molecule has 11 heavy (non-hydrogen) atoms. The molecule has 0 saturated heterocycles. The predicted octanol–water partition coefficient (Wildman–Crippen LogP) is 3.43. The van der Waals surface area contributed by atoms with Gasteiger partial charge in [-0.1, -0.05) is 36.5 Å². The summed E-state index contributed by atoms with van der Waals surface area (Å²) < 4.78 is 0. The van der Waals surface area contributed by atoms with Crippen molar-refractivity contribution in [3.05, 3.63) is 42.9 Å². The first-order chi connectivity index (χ1) is 5.50. The van der Waals surface area contributed by atoms with Gasteiger partial charge < -0.3 is 0 Å². The van der Waals surface area contributed by atoms with Gasteiger partial charge in [-0.15, -0.1) is 0 Å². The van der Waals surface area contributed by atoms with Crippen molar-refractivity contribution in [3.8, 4) is 0 Å². The van der Waals surface area contributed by atoms with Crippen molar-refractivity contribution in [1.82, 2.24) is 0 Å². The second kappa shape index (κ2) is 5.96. The molecular formula is C11H15. The molecule has 1 rings (SSSR count). The summed E-state index contributed by atoms with van der Waals surface area (Å²) in [7, 11) is 0. The molecule has 0 aromatic carbocycles. The Morgan fingerprint density at radius 2 is 1.36 bits per heavy atom. The van der Waals surface area contributed by atoms with E-state index in [0.717, 1.165) is 12.8 Å². The van der Waals surface area contributed by atoms with E-state index in [1.54, 1.807) is 0 Å². The van der Waals surface area contributed by atoms with Gasteiger partial charge >= 0.3 is 0 Å². The van der Waals surface area contributed by atoms with Gasteiger partial charge in [0, 0.05) is 0 Å². The Bertz CT molecular complexity index is 143. The highest BCUT2D eigenvalue weighted by atomic mass is 13.9. The Morgan fingerprint density at radius 1 is 0.636 bits per heavy atom. The number of allylic oxidation sites excluding steroid dienone is 6. The van der Waals surface area contributed by atoms with Crippen LogP contribution in [0.15, 0.2) is 36.5 Å². The molecular weight excluding hydrogens is 132 g/mol. The highest BCUT2D eigenvalue weighted by Gasteiger charge is 1.81. The Balaban J connectivity index is 2.34. The minimum atomic E-state index is 1.08. The van der Waals surface area contributed by atoms with Crippen LogP contribution in [0.25, 0.3) is 0 Å². The molecule has 0 N–H and O–H groups in total. The summed E-state index contributed by atoms with van der Waals surface area (Å²) in [4.78, 5) is 0. The summed E-state index contributed by atoms with van der Waals surface area (Å²) in [5.74, 6) is 0. The average molecular weight is 147 g/mol. The van der Waals surface area contributed by atoms with Crippen LogP contribution in [0.1, 0.15) is 25.7 Å². The van der Waals surface area contributed by atoms with Gasteiger partial charge in [-0.2, -0.15) is 0 Å². The van der Waals surface area contributed by atoms with Crippen molar-refractivity contribution < 1.29 is 0 Å². The summed E-state index contributed by atoms with van der Waals surface area (Å²) in [5, 5.41) is 0. The molecule has 0 aliphatic heterocycles. The van der Waals surface area contributed by atoms with E-state index in [4.69, 9.17) is 0 Å². The van der Waals surface area contributed by atoms with Crippen LogP contribution in [0.5, 0.6) is 0 Å². The van der Waals surface area contributed by atoms with E-state index in [1.807, 2.05) is 0 Å². The standard InChI is InChI=1S/C11H15/c1-2-4-6-8-10-11-9-7-5-3-1/h1-3,6-9H,4-5,10-11H2/b2-1-,8-6-,9-7-. The molecule has 1 aliphatic rings. The maximum atomic E-state index is 2.25. The molecule has 0 spiro atoms. The monoisotopic (exact) mass is 147 g/mol. The molecule has 0 aromatic heterocycles. The lowest BCUT2D eigenvalue weighted by Crippen LogP contribution is -1.66. The Morgan fingerprint density at radius 3 is 2.18 bits per heavy atom. The first kappa shape index (κ1) is 8.32. The number of rotatable bonds is 0. The van der Waals surface area contributed by atoms with Crippen molar-refractivity contribution in [2.24, 2.45) is 0 Å². The summed E-state index contributed by atoms with van der Waals surface area (Å²) in [6.45, 7) is 0. The Hall–Kier alpha value is -0.780. The van der Waals surface area contributed by atoms with E-state index in [1.165, 1.54) is 12.8 Å². The smallest absolute Gasteiger partial charge is 0.0133 e. The maximum Gasteiger partial charge on any atom is -0.0133 e. The maximum absolute atomic E-state index is 2.25. The third-order valence-electron chi connectivity index (χ3n) is 1.65. The summed E-state index contributed by atoms with van der Waals surface area (Å²) in [6, 6.07) is 0. The highest BCUT2D eigenvalue weighted by Crippen LogP contribution is 2.00. The molecule has 0 heteroatoms. The third-order valence-corrected chi connectivity index (χ3v) is 1.65. The second-order valence-corrected chi connectivity index (χ2v) is 2.66. The highest BCUT2D eigenvalue weighted by molar-refractivity contribution is 5.04. The lowest BCUT2D eigenvalue weighted by molar-refractivity contribution is 1.04. The quantitative estimate of drug-likeness (QED) is 0.460. The van der Waals surface area contributed by atoms with Crippen LogP contribution in [0.3, 0.4) is 0 Å². The van der Waals surface area contributed by atoms with Crippen molar-refractivity contribution in [2.75, 3.05) is 0 Å². The fourth-order valence-electron chi connectivity index (χ4n) is 1.03. The van der Waals surface area contributed by atoms with Gasteiger partial charge in [-0.3, -0.25) is 0 Å². The van der Waals surface area contributed by atoms with Crippen molar-refractivity contribution in [3.63, 3.8) is 0 Å². The lowest BCUT2D eigenvalue weighted by Gasteiger charge is -1.85. The first-order valence-corrected chi connectivity index (χ1v) is 4.28. The van der Waals surface area contributed by atoms with Crippen molar-refractivity contribution in [1.29, 1.82) is 0 Å². The van der Waals surface area contributed by atoms with Crippen molar-refractivity contribution in [2.45, 2.75) is 25.7 Å². The van der Waals surface area contributed by atoms with E-state index >= 15 is 0 Å². The van der Waals surface area contributed by atoms with Crippen LogP contribution in [0, 0.1) is 6.42 Å². The molecule has 0 bridgehead atoms. The molecule has 0 unspecified atom stereocenters. The van der Waals surface area contributed by atoms with Crippen molar-refractivity contribution >= 4 is 0 Å². The van der Waals surface area contributed by atoms with Crippen LogP contribution >= 0.6 is 0 Å². The van der Waals surface area contributed by atoms with Crippen LogP contribution in [-0.4, -0.2) is 0 Å². The van der Waals surface area contributed by atoms with Crippen LogP contribution in [0.2, 0.25) is 0 Å². The third kappa shape index (κ3) is 4.60. The zero-order chi connectivity index (χ0) is 7.78. The minimum absolute atomic E-state index is 1.08. The van der Waals surface area contributed by atoms with Gasteiger partial charge in [0.25, 0.3) is 0 Å². The summed E-state index contributed by atoms with van der Waals surface area (Å²) in [6.07, 6.45) is 20.0. The zero-order valence-electron chi connectivity index (χ0n) is 6.87. The normalized spacial score (nSPS) is 28.4. The summed E-state index contributed by atoms with van der Waals surface area (Å²) >= 11 is 0. The second-order valence-electron chi connectivity index (χ2n) is 2.66. The first-order valence-electron chi connectivity index (χ1n) is 4.28. The average Bonchev–Trinajstić information content (AvgIpc) is 2.08. The molecule has 0 nitrogen and oxygen atoms in total. The number of hydrogen-bond donors (Lipinski definition) is 0. The van der Waals surface area contributed by atoms with E-state index in [9.17, 15) is 0 Å². The van der Waals surface area contributed by atoms with Gasteiger partial charge in [-0.25, -0.2) is 0 Å². The molecule has 1 radical (unpaired) electrons. The lowest BCUT2D eigenvalue weighted by atomic mass is 10.2. The van der Waals surface area contributed by atoms with E-state index in [0.29, 0.717) is 0 Å². The van der Waals surface area contributed by atoms with Crippen LogP contribution in [-0.2, 0) is 0 Å². The zero-order valence-corrected chi connectivity index (χ0v) is 6.87. The Labute approximate surface area is 69.3 Å². The predicted molar refractivity (Wildman–Crippen MR) is 50.2 cm³/mol. The Kier molecular flexibility index (Phi) is 4.51. The van der Waals surface area contributed by atoms with Gasteiger partial charge in [-0.05, 0) is 32.1 Å². The fourth-order valence-corrected chi connectivity index (χ4v) is 1.03. The summed E-state index contributed by atoms with van der Waals surface area (Å²) in [5.41, 5.74) is 0. The van der Waals surface area contributed by atoms with Gasteiger partial charge in [0.15, 0.2) is 0 Å². The molecule has 0 aromatic rings. The largest absolute Gasteiger partial charge is 0.0882 e. The van der Waals surface area contributed by atoms with Gasteiger partial charge in [0.1, 0.15) is 0 Å². The minimum Gasteiger partial charge on any atom is -0.0882 e. The molecule has 59 valence electrons. The van der Waals surface area contributed by atoms with E-state index in [-0.39, 0.29) is 0 Å². The number of hydrogen-bond acceptors (Lipinski definition) is 0. The van der Waals surface area contributed by atoms with Gasteiger partial charge in [0.05, 0.1) is 0 Å². The molecule has 0 atom stereocenters. The molecule has 1 aliphatic carbocycles. The molecule has 0 heterocycles. The topological polar surface area (TPSA) is 0 Å². The fraction of sp³-hybridized carbons (Fsp3) is 0.364. The molecule has 0 fully saturated rings.